The van der Waals surface area contributed by atoms with Gasteiger partial charge in [0.05, 0.1) is 5.25 Å². The van der Waals surface area contributed by atoms with Crippen LogP contribution in [0.5, 0.6) is 0 Å². The second-order valence-corrected chi connectivity index (χ2v) is 6.02. The van der Waals surface area contributed by atoms with Crippen LogP contribution < -0.4 is 10.0 Å². The first kappa shape index (κ1) is 11.5. The lowest BCUT2D eigenvalue weighted by molar-refractivity contribution is -0.122. The molecule has 0 aromatic rings. The normalized spacial score (nSPS) is 23.6. The quantitative estimate of drug-likeness (QED) is 0.679. The standard InChI is InChI=1S/C8H16N2O3S/c1-6(2)14(12,13)10-7-3-4-9-8(11)5-7/h6-7,10H,3-5H2,1-2H3,(H,9,11). The fourth-order valence-corrected chi connectivity index (χ4v) is 2.19. The van der Waals surface area contributed by atoms with Crippen molar-refractivity contribution in [2.24, 2.45) is 0 Å². The summed E-state index contributed by atoms with van der Waals surface area (Å²) in [4.78, 5) is 11.0. The Bertz CT molecular complexity index is 311. The molecule has 0 radical (unpaired) electrons. The summed E-state index contributed by atoms with van der Waals surface area (Å²) in [6.45, 7) is 3.78. The highest BCUT2D eigenvalue weighted by molar-refractivity contribution is 7.90. The Kier molecular flexibility index (Phi) is 3.49. The topological polar surface area (TPSA) is 75.3 Å². The molecule has 1 atom stereocenters. The summed E-state index contributed by atoms with van der Waals surface area (Å²) in [6.07, 6.45) is 0.906. The highest BCUT2D eigenvalue weighted by Crippen LogP contribution is 2.07. The molecule has 0 aromatic heterocycles. The van der Waals surface area contributed by atoms with E-state index in [1.165, 1.54) is 0 Å². The fourth-order valence-electron chi connectivity index (χ4n) is 1.25. The van der Waals surface area contributed by atoms with Gasteiger partial charge in [0, 0.05) is 19.0 Å². The molecule has 2 N–H and O–H groups in total. The zero-order chi connectivity index (χ0) is 10.8. The number of amides is 1. The van der Waals surface area contributed by atoms with E-state index in [-0.39, 0.29) is 18.4 Å². The van der Waals surface area contributed by atoms with Gasteiger partial charge in [-0.25, -0.2) is 13.1 Å². The lowest BCUT2D eigenvalue weighted by Gasteiger charge is -2.23. The van der Waals surface area contributed by atoms with Crippen molar-refractivity contribution in [3.05, 3.63) is 0 Å². The minimum absolute atomic E-state index is 0.0901. The monoisotopic (exact) mass is 220 g/mol. The largest absolute Gasteiger partial charge is 0.356 e. The molecule has 1 saturated heterocycles. The first-order chi connectivity index (χ1) is 6.42. The number of nitrogens with one attached hydrogen (secondary N) is 2. The number of piperidine rings is 1. The molecule has 1 amide bonds. The number of hydrogen-bond donors (Lipinski definition) is 2. The summed E-state index contributed by atoms with van der Waals surface area (Å²) in [5, 5.41) is 2.20. The van der Waals surface area contributed by atoms with E-state index in [1.807, 2.05) is 0 Å². The number of hydrogen-bond acceptors (Lipinski definition) is 3. The molecule has 82 valence electrons. The SMILES string of the molecule is CC(C)S(=O)(=O)NC1CCNC(=O)C1. The van der Waals surface area contributed by atoms with Crippen molar-refractivity contribution >= 4 is 15.9 Å². The Hall–Kier alpha value is -0.620. The van der Waals surface area contributed by atoms with E-state index in [4.69, 9.17) is 0 Å². The molecule has 0 saturated carbocycles. The molecule has 0 aromatic carbocycles. The van der Waals surface area contributed by atoms with Crippen molar-refractivity contribution in [1.82, 2.24) is 10.0 Å². The second kappa shape index (κ2) is 4.27. The molecule has 0 spiro atoms. The molecular formula is C8H16N2O3S. The van der Waals surface area contributed by atoms with E-state index in [2.05, 4.69) is 10.0 Å². The maximum absolute atomic E-state index is 11.5. The van der Waals surface area contributed by atoms with Crippen molar-refractivity contribution < 1.29 is 13.2 Å². The Morgan fingerprint density at radius 2 is 2.14 bits per heavy atom. The van der Waals surface area contributed by atoms with Crippen molar-refractivity contribution in [2.45, 2.75) is 38.0 Å². The van der Waals surface area contributed by atoms with Gasteiger partial charge in [-0.05, 0) is 20.3 Å². The van der Waals surface area contributed by atoms with E-state index in [0.717, 1.165) is 0 Å². The molecule has 1 fully saturated rings. The minimum Gasteiger partial charge on any atom is -0.356 e. The molecule has 1 heterocycles. The van der Waals surface area contributed by atoms with Crippen LogP contribution in [0.25, 0.3) is 0 Å². The summed E-state index contributed by atoms with van der Waals surface area (Å²) < 4.78 is 25.5. The van der Waals surface area contributed by atoms with E-state index in [0.29, 0.717) is 13.0 Å². The van der Waals surface area contributed by atoms with Crippen LogP contribution in [0.4, 0.5) is 0 Å². The first-order valence-electron chi connectivity index (χ1n) is 4.69. The van der Waals surface area contributed by atoms with Crippen LogP contribution >= 0.6 is 0 Å². The molecule has 1 aliphatic heterocycles. The highest BCUT2D eigenvalue weighted by Gasteiger charge is 2.25. The second-order valence-electron chi connectivity index (χ2n) is 3.75. The fraction of sp³-hybridized carbons (Fsp3) is 0.875. The van der Waals surface area contributed by atoms with Gasteiger partial charge >= 0.3 is 0 Å². The Morgan fingerprint density at radius 1 is 1.50 bits per heavy atom. The smallest absolute Gasteiger partial charge is 0.221 e. The first-order valence-corrected chi connectivity index (χ1v) is 6.24. The molecule has 1 aliphatic rings. The molecule has 1 unspecified atom stereocenters. The molecule has 14 heavy (non-hydrogen) atoms. The minimum atomic E-state index is -3.25. The summed E-state index contributed by atoms with van der Waals surface area (Å²) in [5.41, 5.74) is 0. The van der Waals surface area contributed by atoms with Crippen LogP contribution in [0.2, 0.25) is 0 Å². The van der Waals surface area contributed by atoms with Crippen molar-refractivity contribution in [1.29, 1.82) is 0 Å². The lowest BCUT2D eigenvalue weighted by atomic mass is 10.1. The van der Waals surface area contributed by atoms with Gasteiger partial charge in [0.25, 0.3) is 0 Å². The van der Waals surface area contributed by atoms with Crippen molar-refractivity contribution in [3.63, 3.8) is 0 Å². The predicted octanol–water partition coefficient (Wildman–Crippen LogP) is -0.407. The van der Waals surface area contributed by atoms with E-state index in [1.54, 1.807) is 13.8 Å². The molecule has 0 bridgehead atoms. The third-order valence-corrected chi connectivity index (χ3v) is 4.10. The average Bonchev–Trinajstić information content (AvgIpc) is 2.02. The van der Waals surface area contributed by atoms with Crippen LogP contribution in [0, 0.1) is 0 Å². The van der Waals surface area contributed by atoms with Crippen LogP contribution in [0.15, 0.2) is 0 Å². The van der Waals surface area contributed by atoms with Gasteiger partial charge in [-0.3, -0.25) is 4.79 Å². The maximum atomic E-state index is 11.5. The summed E-state index contributed by atoms with van der Waals surface area (Å²) in [5.74, 6) is -0.0901. The average molecular weight is 220 g/mol. The van der Waals surface area contributed by atoms with Gasteiger partial charge in [0.2, 0.25) is 15.9 Å². The van der Waals surface area contributed by atoms with Crippen LogP contribution in [0.3, 0.4) is 0 Å². The van der Waals surface area contributed by atoms with Gasteiger partial charge in [-0.15, -0.1) is 0 Å². The molecule has 0 aliphatic carbocycles. The summed E-state index contributed by atoms with van der Waals surface area (Å²) >= 11 is 0. The van der Waals surface area contributed by atoms with Crippen LogP contribution in [-0.4, -0.2) is 32.2 Å². The Balaban J connectivity index is 2.56. The number of sulfonamides is 1. The van der Waals surface area contributed by atoms with Crippen LogP contribution in [0.1, 0.15) is 26.7 Å². The number of carbonyl (C=O) groups excluding carboxylic acids is 1. The summed E-state index contributed by atoms with van der Waals surface area (Å²) in [6, 6.07) is -0.240. The predicted molar refractivity (Wildman–Crippen MR) is 53.2 cm³/mol. The van der Waals surface area contributed by atoms with E-state index < -0.39 is 15.3 Å². The number of carbonyl (C=O) groups is 1. The van der Waals surface area contributed by atoms with Gasteiger partial charge in [-0.2, -0.15) is 0 Å². The zero-order valence-electron chi connectivity index (χ0n) is 8.41. The Labute approximate surface area is 84.3 Å². The zero-order valence-corrected chi connectivity index (χ0v) is 9.23. The van der Waals surface area contributed by atoms with E-state index in [9.17, 15) is 13.2 Å². The highest BCUT2D eigenvalue weighted by atomic mass is 32.2. The molecule has 1 rings (SSSR count). The molecule has 5 nitrogen and oxygen atoms in total. The number of rotatable bonds is 3. The molecular weight excluding hydrogens is 204 g/mol. The van der Waals surface area contributed by atoms with Crippen molar-refractivity contribution in [2.75, 3.05) is 6.54 Å². The van der Waals surface area contributed by atoms with Gasteiger partial charge in [0.1, 0.15) is 0 Å². The molecule has 6 heteroatoms. The van der Waals surface area contributed by atoms with Gasteiger partial charge in [0.15, 0.2) is 0 Å². The Morgan fingerprint density at radius 3 is 2.64 bits per heavy atom. The lowest BCUT2D eigenvalue weighted by Crippen LogP contribution is -2.47. The van der Waals surface area contributed by atoms with E-state index >= 15 is 0 Å². The third-order valence-electron chi connectivity index (χ3n) is 2.20. The van der Waals surface area contributed by atoms with Gasteiger partial charge < -0.3 is 5.32 Å². The van der Waals surface area contributed by atoms with Gasteiger partial charge in [-0.1, -0.05) is 0 Å². The third kappa shape index (κ3) is 2.95. The maximum Gasteiger partial charge on any atom is 0.221 e. The summed E-state index contributed by atoms with van der Waals surface area (Å²) in [7, 11) is -3.25. The van der Waals surface area contributed by atoms with Crippen molar-refractivity contribution in [3.8, 4) is 0 Å². The van der Waals surface area contributed by atoms with Crippen LogP contribution in [-0.2, 0) is 14.8 Å².